The van der Waals surface area contributed by atoms with E-state index in [0.29, 0.717) is 5.39 Å². The van der Waals surface area contributed by atoms with Gasteiger partial charge in [-0.05, 0) is 26.0 Å². The second kappa shape index (κ2) is 5.61. The molecule has 112 valence electrons. The van der Waals surface area contributed by atoms with Crippen molar-refractivity contribution < 1.29 is 32.7 Å². The zero-order valence-corrected chi connectivity index (χ0v) is 12.2. The molecule has 0 amide bonds. The molecule has 8 heteroatoms. The topological polar surface area (TPSA) is 97.0 Å². The Hall–Kier alpha value is -1.66. The van der Waals surface area contributed by atoms with Crippen molar-refractivity contribution in [3.8, 4) is 0 Å². The zero-order chi connectivity index (χ0) is 15.8. The van der Waals surface area contributed by atoms with Gasteiger partial charge in [0.05, 0.1) is 5.56 Å². The second-order valence-electron chi connectivity index (χ2n) is 4.97. The maximum atomic E-state index is 13.9. The van der Waals surface area contributed by atoms with Crippen LogP contribution in [0.2, 0.25) is 0 Å². The van der Waals surface area contributed by atoms with Gasteiger partial charge in [-0.3, -0.25) is 4.79 Å². The summed E-state index contributed by atoms with van der Waals surface area (Å²) >= 11 is 0. The van der Waals surface area contributed by atoms with E-state index in [1.165, 1.54) is 26.0 Å². The highest BCUT2D eigenvalue weighted by Gasteiger charge is 2.24. The van der Waals surface area contributed by atoms with Gasteiger partial charge in [0, 0.05) is 16.0 Å². The number of benzene rings is 1. The van der Waals surface area contributed by atoms with Gasteiger partial charge in [-0.2, -0.15) is 0 Å². The summed E-state index contributed by atoms with van der Waals surface area (Å²) in [6, 6.07) is 3.77. The van der Waals surface area contributed by atoms with Gasteiger partial charge >= 0.3 is 8.25 Å². The molecular formula is C13H13FO6P+. The molecule has 6 nitrogen and oxygen atoms in total. The van der Waals surface area contributed by atoms with Gasteiger partial charge in [-0.15, -0.1) is 9.42 Å². The van der Waals surface area contributed by atoms with Crippen LogP contribution >= 0.6 is 8.25 Å². The quantitative estimate of drug-likeness (QED) is 0.650. The smallest absolute Gasteiger partial charge is 0.458 e. The van der Waals surface area contributed by atoms with E-state index in [1.807, 2.05) is 0 Å². The molecule has 2 N–H and O–H groups in total. The number of aliphatic hydroxyl groups is 1. The SMILES string of the molecule is CC(C)(O)c1cc2cc(C(=O)CO[P+](=O)O)c(F)cc2o1. The Morgan fingerprint density at radius 3 is 2.67 bits per heavy atom. The van der Waals surface area contributed by atoms with Crippen molar-refractivity contribution in [1.29, 1.82) is 0 Å². The first-order valence-corrected chi connectivity index (χ1v) is 7.09. The number of halogens is 1. The predicted molar refractivity (Wildman–Crippen MR) is 71.5 cm³/mol. The lowest BCUT2D eigenvalue weighted by Crippen LogP contribution is -2.13. The molecule has 1 heterocycles. The minimum absolute atomic E-state index is 0.190. The molecule has 0 spiro atoms. The van der Waals surface area contributed by atoms with E-state index in [0.717, 1.165) is 6.07 Å². The molecule has 2 aromatic rings. The largest absolute Gasteiger partial charge is 0.695 e. The lowest BCUT2D eigenvalue weighted by molar-refractivity contribution is 0.0558. The molecule has 1 aromatic carbocycles. The summed E-state index contributed by atoms with van der Waals surface area (Å²) in [6.07, 6.45) is 0. The maximum absolute atomic E-state index is 13.9. The summed E-state index contributed by atoms with van der Waals surface area (Å²) in [4.78, 5) is 20.2. The Kier molecular flexibility index (Phi) is 4.20. The number of furan rings is 1. The highest BCUT2D eigenvalue weighted by atomic mass is 31.1. The van der Waals surface area contributed by atoms with Gasteiger partial charge in [-0.25, -0.2) is 4.39 Å². The van der Waals surface area contributed by atoms with Gasteiger partial charge < -0.3 is 9.52 Å². The van der Waals surface area contributed by atoms with Gasteiger partial charge in [-0.1, -0.05) is 0 Å². The highest BCUT2D eigenvalue weighted by molar-refractivity contribution is 7.32. The molecule has 0 aliphatic carbocycles. The minimum Gasteiger partial charge on any atom is -0.458 e. The van der Waals surface area contributed by atoms with Crippen molar-refractivity contribution in [2.24, 2.45) is 0 Å². The van der Waals surface area contributed by atoms with Gasteiger partial charge in [0.25, 0.3) is 0 Å². The molecule has 1 atom stereocenters. The van der Waals surface area contributed by atoms with Crippen LogP contribution in [0.25, 0.3) is 11.0 Å². The van der Waals surface area contributed by atoms with Crippen molar-refractivity contribution in [2.45, 2.75) is 19.4 Å². The van der Waals surface area contributed by atoms with Crippen LogP contribution in [0.4, 0.5) is 4.39 Å². The molecule has 21 heavy (non-hydrogen) atoms. The standard InChI is InChI=1S/C13H12FO6P/c1-13(2,16)12-4-7-3-8(9(14)5-11(7)20-12)10(15)6-19-21(17)18/h3-5,16H,6H2,1-2H3/p+1. The highest BCUT2D eigenvalue weighted by Crippen LogP contribution is 2.29. The van der Waals surface area contributed by atoms with Crippen LogP contribution in [0.3, 0.4) is 0 Å². The number of rotatable bonds is 5. The van der Waals surface area contributed by atoms with E-state index in [9.17, 15) is 18.9 Å². The number of hydrogen-bond acceptors (Lipinski definition) is 5. The fourth-order valence-electron chi connectivity index (χ4n) is 1.77. The van der Waals surface area contributed by atoms with Crippen molar-refractivity contribution in [3.05, 3.63) is 35.3 Å². The lowest BCUT2D eigenvalue weighted by atomic mass is 10.1. The fourth-order valence-corrected chi connectivity index (χ4v) is 2.00. The number of ketones is 1. The van der Waals surface area contributed by atoms with Gasteiger partial charge in [0.2, 0.25) is 0 Å². The molecule has 0 saturated carbocycles. The monoisotopic (exact) mass is 315 g/mol. The zero-order valence-electron chi connectivity index (χ0n) is 11.3. The van der Waals surface area contributed by atoms with Crippen molar-refractivity contribution in [2.75, 3.05) is 6.61 Å². The number of carbonyl (C=O) groups is 1. The summed E-state index contributed by atoms with van der Waals surface area (Å²) in [5, 5.41) is 10.3. The molecule has 0 radical (unpaired) electrons. The summed E-state index contributed by atoms with van der Waals surface area (Å²) in [5.41, 5.74) is -1.32. The Labute approximate surface area is 120 Å². The van der Waals surface area contributed by atoms with E-state index in [4.69, 9.17) is 9.31 Å². The maximum Gasteiger partial charge on any atom is 0.695 e. The Balaban J connectivity index is 2.40. The van der Waals surface area contributed by atoms with Crippen LogP contribution in [-0.2, 0) is 14.7 Å². The number of carbonyl (C=O) groups excluding carboxylic acids is 1. The summed E-state index contributed by atoms with van der Waals surface area (Å²) < 4.78 is 33.8. The summed E-state index contributed by atoms with van der Waals surface area (Å²) in [7, 11) is -2.92. The van der Waals surface area contributed by atoms with E-state index in [2.05, 4.69) is 4.52 Å². The first-order chi connectivity index (χ1) is 9.68. The third kappa shape index (κ3) is 3.51. The fraction of sp³-hybridized carbons (Fsp3) is 0.308. The summed E-state index contributed by atoms with van der Waals surface area (Å²) in [5.74, 6) is -1.37. The molecule has 0 fully saturated rings. The number of fused-ring (bicyclic) bond motifs is 1. The second-order valence-corrected chi connectivity index (χ2v) is 5.71. The van der Waals surface area contributed by atoms with E-state index >= 15 is 0 Å². The predicted octanol–water partition coefficient (Wildman–Crippen LogP) is 2.65. The molecule has 2 rings (SSSR count). The minimum atomic E-state index is -2.92. The van der Waals surface area contributed by atoms with Crippen LogP contribution in [0.15, 0.2) is 22.6 Å². The molecule has 0 bridgehead atoms. The average molecular weight is 315 g/mol. The molecule has 0 aliphatic heterocycles. The first kappa shape index (κ1) is 15.7. The summed E-state index contributed by atoms with van der Waals surface area (Å²) in [6.45, 7) is 2.32. The van der Waals surface area contributed by atoms with Crippen LogP contribution in [0, 0.1) is 5.82 Å². The number of hydrogen-bond donors (Lipinski definition) is 2. The first-order valence-electron chi connectivity index (χ1n) is 5.96. The van der Waals surface area contributed by atoms with Crippen molar-refractivity contribution >= 4 is 25.0 Å². The third-order valence-electron chi connectivity index (χ3n) is 2.82. The van der Waals surface area contributed by atoms with E-state index < -0.39 is 32.1 Å². The molecule has 0 aliphatic rings. The van der Waals surface area contributed by atoms with Crippen molar-refractivity contribution in [1.82, 2.24) is 0 Å². The van der Waals surface area contributed by atoms with E-state index in [1.54, 1.807) is 0 Å². The Morgan fingerprint density at radius 1 is 1.43 bits per heavy atom. The molecule has 0 saturated heterocycles. The average Bonchev–Trinajstić information content (AvgIpc) is 2.77. The number of Topliss-reactive ketones (excluding diaryl/α,β-unsaturated/α-hetero) is 1. The van der Waals surface area contributed by atoms with Crippen LogP contribution in [-0.4, -0.2) is 22.4 Å². The molecular weight excluding hydrogens is 302 g/mol. The van der Waals surface area contributed by atoms with Gasteiger partial charge in [0.1, 0.15) is 22.8 Å². The van der Waals surface area contributed by atoms with Gasteiger partial charge in [0.15, 0.2) is 12.4 Å². The van der Waals surface area contributed by atoms with Crippen LogP contribution in [0.1, 0.15) is 30.0 Å². The third-order valence-corrected chi connectivity index (χ3v) is 3.17. The van der Waals surface area contributed by atoms with Crippen LogP contribution < -0.4 is 0 Å². The lowest BCUT2D eigenvalue weighted by Gasteiger charge is -2.12. The Morgan fingerprint density at radius 2 is 2.10 bits per heavy atom. The normalized spacial score (nSPS) is 12.7. The molecule has 1 unspecified atom stereocenters. The Bertz CT molecular complexity index is 715. The van der Waals surface area contributed by atoms with Crippen molar-refractivity contribution in [3.63, 3.8) is 0 Å². The molecule has 1 aromatic heterocycles. The van der Waals surface area contributed by atoms with E-state index in [-0.39, 0.29) is 16.9 Å². The van der Waals surface area contributed by atoms with Crippen LogP contribution in [0.5, 0.6) is 0 Å².